The first-order chi connectivity index (χ1) is 7.86. The molecule has 1 atom stereocenters. The van der Waals surface area contributed by atoms with E-state index in [1.54, 1.807) is 0 Å². The zero-order chi connectivity index (χ0) is 11.2. The van der Waals surface area contributed by atoms with Crippen LogP contribution in [0.4, 0.5) is 0 Å². The van der Waals surface area contributed by atoms with Gasteiger partial charge in [-0.05, 0) is 39.2 Å². The zero-order valence-electron chi connectivity index (χ0n) is 10.9. The largest absolute Gasteiger partial charge is 0.313 e. The Morgan fingerprint density at radius 1 is 1.00 bits per heavy atom. The second-order valence-electron chi connectivity index (χ2n) is 5.67. The molecule has 2 fully saturated rings. The fourth-order valence-corrected chi connectivity index (χ4v) is 3.22. The van der Waals surface area contributed by atoms with Crippen molar-refractivity contribution in [2.24, 2.45) is 0 Å². The van der Waals surface area contributed by atoms with Crippen molar-refractivity contribution >= 4 is 0 Å². The van der Waals surface area contributed by atoms with Crippen molar-refractivity contribution in [1.82, 2.24) is 10.2 Å². The Morgan fingerprint density at radius 3 is 2.38 bits per heavy atom. The topological polar surface area (TPSA) is 15.3 Å². The molecule has 1 aliphatic heterocycles. The zero-order valence-corrected chi connectivity index (χ0v) is 10.9. The highest BCUT2D eigenvalue weighted by atomic mass is 15.2. The van der Waals surface area contributed by atoms with Crippen LogP contribution >= 0.6 is 0 Å². The molecule has 2 heteroatoms. The van der Waals surface area contributed by atoms with E-state index in [9.17, 15) is 0 Å². The van der Waals surface area contributed by atoms with Crippen LogP contribution in [0.5, 0.6) is 0 Å². The molecule has 1 heterocycles. The summed E-state index contributed by atoms with van der Waals surface area (Å²) in [6, 6.07) is 1.65. The van der Waals surface area contributed by atoms with Crippen LogP contribution in [0.25, 0.3) is 0 Å². The molecule has 16 heavy (non-hydrogen) atoms. The third-order valence-electron chi connectivity index (χ3n) is 4.38. The first-order valence-corrected chi connectivity index (χ1v) is 7.33. The maximum absolute atomic E-state index is 3.77. The van der Waals surface area contributed by atoms with Gasteiger partial charge in [-0.2, -0.15) is 0 Å². The summed E-state index contributed by atoms with van der Waals surface area (Å²) in [5.74, 6) is 0. The first kappa shape index (κ1) is 12.4. The van der Waals surface area contributed by atoms with Crippen LogP contribution in [0.2, 0.25) is 0 Å². The van der Waals surface area contributed by atoms with Gasteiger partial charge in [0.05, 0.1) is 0 Å². The van der Waals surface area contributed by atoms with Gasteiger partial charge in [0.2, 0.25) is 0 Å². The van der Waals surface area contributed by atoms with E-state index in [1.807, 2.05) is 0 Å². The van der Waals surface area contributed by atoms with E-state index in [-0.39, 0.29) is 0 Å². The Bertz CT molecular complexity index is 185. The van der Waals surface area contributed by atoms with Gasteiger partial charge < -0.3 is 5.32 Å². The lowest BCUT2D eigenvalue weighted by Gasteiger charge is -2.23. The number of hydrogen-bond donors (Lipinski definition) is 1. The highest BCUT2D eigenvalue weighted by Crippen LogP contribution is 2.18. The average molecular weight is 224 g/mol. The Balaban J connectivity index is 1.59. The quantitative estimate of drug-likeness (QED) is 0.739. The highest BCUT2D eigenvalue weighted by Gasteiger charge is 2.19. The van der Waals surface area contributed by atoms with Gasteiger partial charge in [0.15, 0.2) is 0 Å². The van der Waals surface area contributed by atoms with Crippen LogP contribution in [-0.2, 0) is 0 Å². The second-order valence-corrected chi connectivity index (χ2v) is 5.67. The predicted octanol–water partition coefficient (Wildman–Crippen LogP) is 2.78. The molecule has 1 saturated carbocycles. The Labute approximate surface area is 101 Å². The minimum atomic E-state index is 0.820. The third kappa shape index (κ3) is 3.74. The summed E-state index contributed by atoms with van der Waals surface area (Å²) < 4.78 is 0. The lowest BCUT2D eigenvalue weighted by atomic mass is 10.1. The van der Waals surface area contributed by atoms with Gasteiger partial charge in [-0.15, -0.1) is 0 Å². The molecule has 1 aliphatic carbocycles. The fourth-order valence-electron chi connectivity index (χ4n) is 3.22. The molecule has 0 aromatic heterocycles. The lowest BCUT2D eigenvalue weighted by molar-refractivity contribution is 0.261. The van der Waals surface area contributed by atoms with Crippen LogP contribution in [0, 0.1) is 0 Å². The van der Waals surface area contributed by atoms with Crippen molar-refractivity contribution in [2.45, 2.75) is 70.4 Å². The van der Waals surface area contributed by atoms with E-state index in [2.05, 4.69) is 17.1 Å². The predicted molar refractivity (Wildman–Crippen MR) is 69.8 cm³/mol. The van der Waals surface area contributed by atoms with E-state index >= 15 is 0 Å². The van der Waals surface area contributed by atoms with Crippen LogP contribution < -0.4 is 5.32 Å². The molecule has 1 saturated heterocycles. The Morgan fingerprint density at radius 2 is 1.75 bits per heavy atom. The van der Waals surface area contributed by atoms with Crippen LogP contribution in [0.3, 0.4) is 0 Å². The summed E-state index contributed by atoms with van der Waals surface area (Å²) in [5, 5.41) is 3.77. The molecule has 0 spiro atoms. The van der Waals surface area contributed by atoms with Crippen molar-refractivity contribution in [3.05, 3.63) is 0 Å². The molecule has 0 bridgehead atoms. The molecule has 1 unspecified atom stereocenters. The van der Waals surface area contributed by atoms with E-state index in [4.69, 9.17) is 0 Å². The number of likely N-dealkylation sites (tertiary alicyclic amines) is 1. The standard InChI is InChI=1S/C14H28N2/c1-13-7-6-11-16(13)12-10-15-14-8-4-2-3-5-9-14/h13-15H,2-12H2,1H3. The van der Waals surface area contributed by atoms with Gasteiger partial charge in [0.25, 0.3) is 0 Å². The minimum Gasteiger partial charge on any atom is -0.313 e. The molecule has 0 radical (unpaired) electrons. The third-order valence-corrected chi connectivity index (χ3v) is 4.38. The van der Waals surface area contributed by atoms with Gasteiger partial charge in [0.1, 0.15) is 0 Å². The van der Waals surface area contributed by atoms with Gasteiger partial charge in [0, 0.05) is 25.2 Å². The number of nitrogens with zero attached hydrogens (tertiary/aromatic N) is 1. The molecule has 2 aliphatic rings. The number of hydrogen-bond acceptors (Lipinski definition) is 2. The van der Waals surface area contributed by atoms with Crippen molar-refractivity contribution < 1.29 is 0 Å². The number of nitrogens with one attached hydrogen (secondary N) is 1. The molecular weight excluding hydrogens is 196 g/mol. The lowest BCUT2D eigenvalue weighted by Crippen LogP contribution is -2.38. The van der Waals surface area contributed by atoms with E-state index in [1.165, 1.54) is 71.0 Å². The average Bonchev–Trinajstić information content (AvgIpc) is 2.55. The van der Waals surface area contributed by atoms with Crippen LogP contribution in [0.1, 0.15) is 58.3 Å². The first-order valence-electron chi connectivity index (χ1n) is 7.33. The maximum atomic E-state index is 3.77. The van der Waals surface area contributed by atoms with Crippen molar-refractivity contribution in [1.29, 1.82) is 0 Å². The van der Waals surface area contributed by atoms with Crippen molar-refractivity contribution in [2.75, 3.05) is 19.6 Å². The summed E-state index contributed by atoms with van der Waals surface area (Å²) in [7, 11) is 0. The molecule has 1 N–H and O–H groups in total. The SMILES string of the molecule is CC1CCCN1CCNC1CCCCCC1. The van der Waals surface area contributed by atoms with Gasteiger partial charge in [-0.1, -0.05) is 25.7 Å². The summed E-state index contributed by atoms with van der Waals surface area (Å²) in [5.41, 5.74) is 0. The van der Waals surface area contributed by atoms with Crippen LogP contribution in [-0.4, -0.2) is 36.6 Å². The highest BCUT2D eigenvalue weighted by molar-refractivity contribution is 4.77. The molecular formula is C14H28N2. The molecule has 2 rings (SSSR count). The molecule has 0 aromatic rings. The van der Waals surface area contributed by atoms with Crippen molar-refractivity contribution in [3.63, 3.8) is 0 Å². The maximum Gasteiger partial charge on any atom is 0.0110 e. The van der Waals surface area contributed by atoms with Gasteiger partial charge in [-0.25, -0.2) is 0 Å². The minimum absolute atomic E-state index is 0.820. The normalized spacial score (nSPS) is 29.4. The second kappa shape index (κ2) is 6.61. The Hall–Kier alpha value is -0.0800. The monoisotopic (exact) mass is 224 g/mol. The summed E-state index contributed by atoms with van der Waals surface area (Å²) in [4.78, 5) is 2.64. The molecule has 2 nitrogen and oxygen atoms in total. The van der Waals surface area contributed by atoms with Gasteiger partial charge in [-0.3, -0.25) is 4.90 Å². The summed E-state index contributed by atoms with van der Waals surface area (Å²) in [6.45, 7) is 6.17. The van der Waals surface area contributed by atoms with Crippen LogP contribution in [0.15, 0.2) is 0 Å². The van der Waals surface area contributed by atoms with E-state index in [0.717, 1.165) is 12.1 Å². The fraction of sp³-hybridized carbons (Fsp3) is 1.00. The smallest absolute Gasteiger partial charge is 0.0110 e. The molecule has 0 amide bonds. The number of rotatable bonds is 4. The van der Waals surface area contributed by atoms with Gasteiger partial charge >= 0.3 is 0 Å². The summed E-state index contributed by atoms with van der Waals surface area (Å²) in [6.07, 6.45) is 11.4. The molecule has 94 valence electrons. The van der Waals surface area contributed by atoms with E-state index < -0.39 is 0 Å². The molecule has 0 aromatic carbocycles. The van der Waals surface area contributed by atoms with E-state index in [0.29, 0.717) is 0 Å². The van der Waals surface area contributed by atoms with Crippen molar-refractivity contribution in [3.8, 4) is 0 Å². The summed E-state index contributed by atoms with van der Waals surface area (Å²) >= 11 is 0. The Kier molecular flexibility index (Phi) is 5.11.